The summed E-state index contributed by atoms with van der Waals surface area (Å²) < 4.78 is 5.02. The molecule has 0 radical (unpaired) electrons. The van der Waals surface area contributed by atoms with Crippen molar-refractivity contribution in [1.82, 2.24) is 4.98 Å². The fraction of sp³-hybridized carbons (Fsp3) is 0.697. The van der Waals surface area contributed by atoms with Crippen LogP contribution in [0.4, 0.5) is 4.79 Å². The number of fused-ring (bicyclic) bond motifs is 1. The van der Waals surface area contributed by atoms with Crippen LogP contribution in [0.15, 0.2) is 18.2 Å². The lowest BCUT2D eigenvalue weighted by molar-refractivity contribution is 0.0976. The maximum absolute atomic E-state index is 13.3. The number of Topliss-reactive ketones (excluding diaryl/α,β-unsaturated/α-hetero) is 1. The van der Waals surface area contributed by atoms with E-state index >= 15 is 0 Å². The van der Waals surface area contributed by atoms with Gasteiger partial charge in [0.25, 0.3) is 0 Å². The van der Waals surface area contributed by atoms with Crippen LogP contribution in [-0.4, -0.2) is 22.0 Å². The number of unbranched alkanes of at least 4 members (excludes halogenated alkanes) is 17. The molecule has 1 aromatic heterocycles. The lowest BCUT2D eigenvalue weighted by Gasteiger charge is -2.07. The number of hydrogen-bond acceptors (Lipinski definition) is 3. The number of hydrogen-bond donors (Lipinski definition) is 2. The third kappa shape index (κ3) is 12.0. The van der Waals surface area contributed by atoms with E-state index < -0.39 is 6.16 Å². The van der Waals surface area contributed by atoms with Gasteiger partial charge in [-0.1, -0.05) is 135 Å². The molecule has 38 heavy (non-hydrogen) atoms. The molecule has 0 spiro atoms. The van der Waals surface area contributed by atoms with E-state index in [-0.39, 0.29) is 11.7 Å². The molecule has 0 amide bonds. The predicted octanol–water partition coefficient (Wildman–Crippen LogP) is 10.8. The number of benzene rings is 1. The van der Waals surface area contributed by atoms with Crippen molar-refractivity contribution in [1.29, 1.82) is 0 Å². The number of carbonyl (C=O) groups is 2. The van der Waals surface area contributed by atoms with Crippen LogP contribution in [0.3, 0.4) is 0 Å². The summed E-state index contributed by atoms with van der Waals surface area (Å²) >= 11 is 0. The molecule has 5 heteroatoms. The maximum Gasteiger partial charge on any atom is 0.512 e. The standard InChI is InChI=1S/C33H53NO4/c1-3-5-7-9-10-11-12-13-14-15-16-17-18-19-21-26-29(35)31-30-27(23-20-8-6-4-2)24-22-25-28(30)34-32(31)38-33(36)37/h22,24-25,34H,3-21,23,26H2,1-2H3,(H,36,37). The van der Waals surface area contributed by atoms with E-state index in [1.807, 2.05) is 12.1 Å². The molecule has 0 aliphatic carbocycles. The van der Waals surface area contributed by atoms with Crippen molar-refractivity contribution in [3.8, 4) is 5.88 Å². The molecule has 214 valence electrons. The van der Waals surface area contributed by atoms with E-state index in [1.54, 1.807) is 0 Å². The highest BCUT2D eigenvalue weighted by molar-refractivity contribution is 6.11. The molecular formula is C33H53NO4. The Morgan fingerprint density at radius 3 is 1.74 bits per heavy atom. The van der Waals surface area contributed by atoms with Crippen LogP contribution in [0.2, 0.25) is 0 Å². The van der Waals surface area contributed by atoms with Crippen LogP contribution in [0.5, 0.6) is 5.88 Å². The van der Waals surface area contributed by atoms with Gasteiger partial charge in [-0.2, -0.15) is 0 Å². The Morgan fingerprint density at radius 1 is 0.711 bits per heavy atom. The summed E-state index contributed by atoms with van der Waals surface area (Å²) in [5.74, 6) is 0.0441. The van der Waals surface area contributed by atoms with Crippen molar-refractivity contribution in [3.05, 3.63) is 29.3 Å². The van der Waals surface area contributed by atoms with Gasteiger partial charge in [0.2, 0.25) is 5.88 Å². The molecule has 2 rings (SSSR count). The fourth-order valence-electron chi connectivity index (χ4n) is 5.46. The zero-order valence-electron chi connectivity index (χ0n) is 24.3. The van der Waals surface area contributed by atoms with Gasteiger partial charge in [0, 0.05) is 17.3 Å². The Kier molecular flexibility index (Phi) is 16.6. The van der Waals surface area contributed by atoms with Gasteiger partial charge in [0.1, 0.15) is 0 Å². The first kappa shape index (κ1) is 31.9. The number of ether oxygens (including phenoxy) is 1. The quantitative estimate of drug-likeness (QED) is 0.0855. The largest absolute Gasteiger partial charge is 0.512 e. The molecule has 0 saturated heterocycles. The minimum atomic E-state index is -1.40. The molecule has 0 atom stereocenters. The van der Waals surface area contributed by atoms with E-state index in [0.29, 0.717) is 12.0 Å². The summed E-state index contributed by atoms with van der Waals surface area (Å²) in [4.78, 5) is 27.6. The van der Waals surface area contributed by atoms with Crippen LogP contribution in [-0.2, 0) is 6.42 Å². The van der Waals surface area contributed by atoms with Gasteiger partial charge in [0.15, 0.2) is 5.78 Å². The molecule has 0 saturated carbocycles. The highest BCUT2D eigenvalue weighted by atomic mass is 16.7. The van der Waals surface area contributed by atoms with Gasteiger partial charge >= 0.3 is 6.16 Å². The van der Waals surface area contributed by atoms with E-state index in [1.165, 1.54) is 89.9 Å². The van der Waals surface area contributed by atoms with E-state index in [9.17, 15) is 14.7 Å². The monoisotopic (exact) mass is 527 g/mol. The lowest BCUT2D eigenvalue weighted by atomic mass is 9.96. The highest BCUT2D eigenvalue weighted by Gasteiger charge is 2.23. The first-order valence-electron chi connectivity index (χ1n) is 15.7. The summed E-state index contributed by atoms with van der Waals surface area (Å²) in [5.41, 5.74) is 2.28. The van der Waals surface area contributed by atoms with Crippen molar-refractivity contribution in [2.45, 2.75) is 149 Å². The van der Waals surface area contributed by atoms with Crippen LogP contribution in [0, 0.1) is 0 Å². The van der Waals surface area contributed by atoms with Crippen LogP contribution < -0.4 is 4.74 Å². The third-order valence-corrected chi connectivity index (χ3v) is 7.65. The van der Waals surface area contributed by atoms with E-state index in [2.05, 4.69) is 24.9 Å². The number of carbonyl (C=O) groups excluding carboxylic acids is 1. The van der Waals surface area contributed by atoms with Gasteiger partial charge in [-0.15, -0.1) is 0 Å². The second kappa shape index (κ2) is 19.7. The number of aromatic amines is 1. The minimum absolute atomic E-state index is 0.0248. The summed E-state index contributed by atoms with van der Waals surface area (Å²) in [6.45, 7) is 4.46. The molecule has 0 fully saturated rings. The SMILES string of the molecule is CCCCCCCCCCCCCCCCCC(=O)c1c(OC(=O)O)[nH]c2cccc(CCCCCC)c12. The first-order chi connectivity index (χ1) is 18.6. The number of ketones is 1. The molecule has 2 aromatic rings. The van der Waals surface area contributed by atoms with E-state index in [0.717, 1.165) is 55.0 Å². The summed E-state index contributed by atoms with van der Waals surface area (Å²) in [6.07, 6.45) is 23.7. The highest BCUT2D eigenvalue weighted by Crippen LogP contribution is 2.33. The minimum Gasteiger partial charge on any atom is -0.449 e. The molecule has 0 aliphatic heterocycles. The topological polar surface area (TPSA) is 79.4 Å². The average molecular weight is 528 g/mol. The number of aryl methyl sites for hydroxylation is 1. The van der Waals surface area contributed by atoms with E-state index in [4.69, 9.17) is 4.74 Å². The van der Waals surface area contributed by atoms with Crippen molar-refractivity contribution in [2.75, 3.05) is 0 Å². The van der Waals surface area contributed by atoms with Crippen molar-refractivity contribution >= 4 is 22.8 Å². The molecular weight excluding hydrogens is 474 g/mol. The molecule has 0 bridgehead atoms. The predicted molar refractivity (Wildman–Crippen MR) is 159 cm³/mol. The Balaban J connectivity index is 1.74. The van der Waals surface area contributed by atoms with Crippen LogP contribution >= 0.6 is 0 Å². The summed E-state index contributed by atoms with van der Waals surface area (Å²) in [6, 6.07) is 5.91. The molecule has 1 aromatic carbocycles. The molecule has 2 N–H and O–H groups in total. The fourth-order valence-corrected chi connectivity index (χ4v) is 5.46. The second-order valence-corrected chi connectivity index (χ2v) is 11.0. The summed E-state index contributed by atoms with van der Waals surface area (Å²) in [7, 11) is 0. The number of aromatic nitrogens is 1. The zero-order valence-corrected chi connectivity index (χ0v) is 24.3. The molecule has 1 heterocycles. The van der Waals surface area contributed by atoms with Crippen LogP contribution in [0.1, 0.15) is 158 Å². The maximum atomic E-state index is 13.3. The van der Waals surface area contributed by atoms with Gasteiger partial charge < -0.3 is 14.8 Å². The Morgan fingerprint density at radius 2 is 1.21 bits per heavy atom. The Bertz CT molecular complexity index is 932. The smallest absolute Gasteiger partial charge is 0.449 e. The molecule has 0 aliphatic rings. The average Bonchev–Trinajstić information content (AvgIpc) is 3.26. The van der Waals surface area contributed by atoms with Crippen molar-refractivity contribution < 1.29 is 19.4 Å². The lowest BCUT2D eigenvalue weighted by Crippen LogP contribution is -2.08. The molecule has 5 nitrogen and oxygen atoms in total. The van der Waals surface area contributed by atoms with Gasteiger partial charge in [0.05, 0.1) is 5.56 Å². The first-order valence-corrected chi connectivity index (χ1v) is 15.7. The Labute approximate surface area is 231 Å². The normalized spacial score (nSPS) is 11.3. The number of carboxylic acid groups (broad SMARTS) is 1. The summed E-state index contributed by atoms with van der Waals surface area (Å²) in [5, 5.41) is 10.1. The van der Waals surface area contributed by atoms with Gasteiger partial charge in [-0.3, -0.25) is 4.79 Å². The van der Waals surface area contributed by atoms with Crippen LogP contribution in [0.25, 0.3) is 10.9 Å². The Hall–Kier alpha value is -2.30. The number of rotatable bonds is 23. The van der Waals surface area contributed by atoms with Gasteiger partial charge in [-0.05, 0) is 30.9 Å². The van der Waals surface area contributed by atoms with Crippen molar-refractivity contribution in [3.63, 3.8) is 0 Å². The molecule has 0 unspecified atom stereocenters. The zero-order chi connectivity index (χ0) is 27.4. The van der Waals surface area contributed by atoms with Gasteiger partial charge in [-0.25, -0.2) is 4.79 Å². The third-order valence-electron chi connectivity index (χ3n) is 7.65. The second-order valence-electron chi connectivity index (χ2n) is 11.0. The number of nitrogens with one attached hydrogen (secondary N) is 1. The number of H-pyrrole nitrogens is 1. The van der Waals surface area contributed by atoms with Crippen molar-refractivity contribution in [2.24, 2.45) is 0 Å².